The number of aromatic nitrogens is 1. The van der Waals surface area contributed by atoms with Gasteiger partial charge in [0.2, 0.25) is 5.91 Å². The van der Waals surface area contributed by atoms with Gasteiger partial charge in [-0.1, -0.05) is 18.2 Å². The van der Waals surface area contributed by atoms with Crippen LogP contribution in [0.25, 0.3) is 0 Å². The second-order valence-electron chi connectivity index (χ2n) is 5.77. The highest BCUT2D eigenvalue weighted by molar-refractivity contribution is 6.03. The van der Waals surface area contributed by atoms with Gasteiger partial charge in [0.25, 0.3) is 11.5 Å². The van der Waals surface area contributed by atoms with Crippen molar-refractivity contribution >= 4 is 17.5 Å². The summed E-state index contributed by atoms with van der Waals surface area (Å²) in [6.07, 6.45) is 2.65. The van der Waals surface area contributed by atoms with E-state index in [-0.39, 0.29) is 22.8 Å². The Morgan fingerprint density at radius 2 is 2.04 bits per heavy atom. The Morgan fingerprint density at radius 3 is 2.76 bits per heavy atom. The summed E-state index contributed by atoms with van der Waals surface area (Å²) >= 11 is 0. The average Bonchev–Trinajstić information content (AvgIpc) is 2.64. The second-order valence-corrected chi connectivity index (χ2v) is 5.77. The Balaban J connectivity index is 1.77. The number of aromatic amines is 1. The van der Waals surface area contributed by atoms with Crippen molar-refractivity contribution in [3.8, 4) is 5.75 Å². The van der Waals surface area contributed by atoms with Gasteiger partial charge in [-0.05, 0) is 25.0 Å². The Labute approximate surface area is 144 Å². The van der Waals surface area contributed by atoms with E-state index in [0.29, 0.717) is 13.0 Å². The first-order valence-electron chi connectivity index (χ1n) is 8.04. The number of carbonyl (C=O) groups excluding carboxylic acids is 2. The number of carbonyl (C=O) groups is 2. The number of pyridine rings is 1. The van der Waals surface area contributed by atoms with Crippen molar-refractivity contribution in [2.24, 2.45) is 0 Å². The summed E-state index contributed by atoms with van der Waals surface area (Å²) in [4.78, 5) is 40.7. The summed E-state index contributed by atoms with van der Waals surface area (Å²) < 4.78 is 5.08. The van der Waals surface area contributed by atoms with Gasteiger partial charge in [0.1, 0.15) is 11.8 Å². The number of ether oxygens (including phenoxy) is 1. The molecule has 130 valence electrons. The van der Waals surface area contributed by atoms with Gasteiger partial charge in [-0.25, -0.2) is 0 Å². The molecule has 0 saturated carbocycles. The van der Waals surface area contributed by atoms with Gasteiger partial charge in [0, 0.05) is 24.5 Å². The van der Waals surface area contributed by atoms with Crippen molar-refractivity contribution in [1.82, 2.24) is 10.3 Å². The third-order valence-corrected chi connectivity index (χ3v) is 4.16. The van der Waals surface area contributed by atoms with Gasteiger partial charge < -0.3 is 19.9 Å². The highest BCUT2D eigenvalue weighted by Crippen LogP contribution is 2.21. The highest BCUT2D eigenvalue weighted by Gasteiger charge is 2.31. The maximum atomic E-state index is 12.7. The zero-order valence-corrected chi connectivity index (χ0v) is 13.8. The van der Waals surface area contributed by atoms with E-state index in [1.807, 2.05) is 30.3 Å². The molecule has 1 aliphatic heterocycles. The van der Waals surface area contributed by atoms with Crippen molar-refractivity contribution in [3.05, 3.63) is 58.5 Å². The van der Waals surface area contributed by atoms with E-state index >= 15 is 0 Å². The molecule has 7 nitrogen and oxygen atoms in total. The molecule has 0 spiro atoms. The smallest absolute Gasteiger partial charge is 0.257 e. The molecule has 2 aromatic rings. The molecule has 2 amide bonds. The summed E-state index contributed by atoms with van der Waals surface area (Å²) in [5.74, 6) is -0.431. The molecule has 1 unspecified atom stereocenters. The first-order valence-corrected chi connectivity index (χ1v) is 8.04. The quantitative estimate of drug-likeness (QED) is 0.877. The van der Waals surface area contributed by atoms with Crippen molar-refractivity contribution < 1.29 is 14.3 Å². The number of benzene rings is 1. The van der Waals surface area contributed by atoms with Crippen LogP contribution in [0.3, 0.4) is 0 Å². The molecule has 1 aromatic carbocycles. The SMILES string of the molecule is COc1cc(=O)[nH]cc1C(=O)NC1CCCN(c2ccccc2)C1=O. The van der Waals surface area contributed by atoms with Crippen molar-refractivity contribution in [2.75, 3.05) is 18.6 Å². The average molecular weight is 341 g/mol. The molecule has 1 fully saturated rings. The molecule has 2 heterocycles. The summed E-state index contributed by atoms with van der Waals surface area (Å²) in [6, 6.07) is 9.96. The van der Waals surface area contributed by atoms with Crippen LogP contribution in [-0.4, -0.2) is 36.5 Å². The maximum Gasteiger partial charge on any atom is 0.257 e. The second kappa shape index (κ2) is 7.21. The minimum absolute atomic E-state index is 0.144. The molecular weight excluding hydrogens is 322 g/mol. The number of amides is 2. The van der Waals surface area contributed by atoms with E-state index in [1.54, 1.807) is 4.90 Å². The van der Waals surface area contributed by atoms with Crippen LogP contribution < -0.4 is 20.5 Å². The first kappa shape index (κ1) is 16.8. The lowest BCUT2D eigenvalue weighted by Gasteiger charge is -2.32. The molecule has 2 N–H and O–H groups in total. The van der Waals surface area contributed by atoms with Crippen molar-refractivity contribution in [2.45, 2.75) is 18.9 Å². The van der Waals surface area contributed by atoms with E-state index in [1.165, 1.54) is 19.4 Å². The van der Waals surface area contributed by atoms with E-state index in [4.69, 9.17) is 4.74 Å². The molecule has 1 aliphatic rings. The van der Waals surface area contributed by atoms with Crippen LogP contribution >= 0.6 is 0 Å². The fourth-order valence-electron chi connectivity index (χ4n) is 2.91. The first-order chi connectivity index (χ1) is 12.1. The summed E-state index contributed by atoms with van der Waals surface area (Å²) in [7, 11) is 1.38. The number of rotatable bonds is 4. The van der Waals surface area contributed by atoms with E-state index in [2.05, 4.69) is 10.3 Å². The van der Waals surface area contributed by atoms with Gasteiger partial charge in [-0.15, -0.1) is 0 Å². The topological polar surface area (TPSA) is 91.5 Å². The summed E-state index contributed by atoms with van der Waals surface area (Å²) in [5.41, 5.74) is 0.636. The molecule has 1 saturated heterocycles. The van der Waals surface area contributed by atoms with E-state index in [9.17, 15) is 14.4 Å². The largest absolute Gasteiger partial charge is 0.496 e. The molecule has 0 radical (unpaired) electrons. The van der Waals surface area contributed by atoms with Gasteiger partial charge >= 0.3 is 0 Å². The van der Waals surface area contributed by atoms with E-state index in [0.717, 1.165) is 12.1 Å². The molecule has 1 atom stereocenters. The lowest BCUT2D eigenvalue weighted by Crippen LogP contribution is -2.52. The lowest BCUT2D eigenvalue weighted by atomic mass is 10.0. The third-order valence-electron chi connectivity index (χ3n) is 4.16. The maximum absolute atomic E-state index is 12.7. The Morgan fingerprint density at radius 1 is 1.28 bits per heavy atom. The summed E-state index contributed by atoms with van der Waals surface area (Å²) in [6.45, 7) is 0.622. The Hall–Kier alpha value is -3.09. The van der Waals surface area contributed by atoms with Crippen LogP contribution in [0.2, 0.25) is 0 Å². The van der Waals surface area contributed by atoms with Crippen LogP contribution in [-0.2, 0) is 4.79 Å². The number of para-hydroxylation sites is 1. The lowest BCUT2D eigenvalue weighted by molar-refractivity contribution is -0.121. The molecule has 3 rings (SSSR count). The predicted octanol–water partition coefficient (Wildman–Crippen LogP) is 1.31. The zero-order valence-electron chi connectivity index (χ0n) is 13.8. The molecule has 25 heavy (non-hydrogen) atoms. The normalized spacial score (nSPS) is 17.2. The van der Waals surface area contributed by atoms with Crippen LogP contribution in [0.5, 0.6) is 5.75 Å². The molecule has 7 heteroatoms. The number of anilines is 1. The fraction of sp³-hybridized carbons (Fsp3) is 0.278. The fourth-order valence-corrected chi connectivity index (χ4v) is 2.91. The van der Waals surface area contributed by atoms with Crippen LogP contribution in [0.15, 0.2) is 47.4 Å². The number of H-pyrrole nitrogens is 1. The zero-order chi connectivity index (χ0) is 17.8. The minimum atomic E-state index is -0.613. The minimum Gasteiger partial charge on any atom is -0.496 e. The Bertz CT molecular complexity index is 832. The predicted molar refractivity (Wildman–Crippen MR) is 92.9 cm³/mol. The molecule has 0 bridgehead atoms. The van der Waals surface area contributed by atoms with E-state index < -0.39 is 11.9 Å². The van der Waals surface area contributed by atoms with Gasteiger partial charge in [-0.2, -0.15) is 0 Å². The third kappa shape index (κ3) is 3.55. The molecular formula is C18H19N3O4. The summed E-state index contributed by atoms with van der Waals surface area (Å²) in [5, 5.41) is 2.75. The van der Waals surface area contributed by atoms with Crippen LogP contribution in [0.4, 0.5) is 5.69 Å². The monoisotopic (exact) mass is 341 g/mol. The standard InChI is InChI=1S/C18H19N3O4/c1-25-15-10-16(22)19-11-13(15)17(23)20-14-8-5-9-21(18(14)24)12-6-3-2-4-7-12/h2-4,6-7,10-11,14H,5,8-9H2,1H3,(H,19,22)(H,20,23). The van der Waals surface area contributed by atoms with Crippen molar-refractivity contribution in [3.63, 3.8) is 0 Å². The number of hydrogen-bond acceptors (Lipinski definition) is 4. The number of hydrogen-bond donors (Lipinski definition) is 2. The number of methoxy groups -OCH3 is 1. The molecule has 1 aromatic heterocycles. The number of nitrogens with zero attached hydrogens (tertiary/aromatic N) is 1. The molecule has 0 aliphatic carbocycles. The van der Waals surface area contributed by atoms with Crippen LogP contribution in [0.1, 0.15) is 23.2 Å². The van der Waals surface area contributed by atoms with Gasteiger partial charge in [0.05, 0.1) is 12.7 Å². The van der Waals surface area contributed by atoms with Crippen LogP contribution in [0, 0.1) is 0 Å². The van der Waals surface area contributed by atoms with Gasteiger partial charge in [0.15, 0.2) is 0 Å². The van der Waals surface area contributed by atoms with Gasteiger partial charge in [-0.3, -0.25) is 14.4 Å². The number of nitrogens with one attached hydrogen (secondary N) is 2. The highest BCUT2D eigenvalue weighted by atomic mass is 16.5. The number of piperidine rings is 1. The Kier molecular flexibility index (Phi) is 4.83. The van der Waals surface area contributed by atoms with Crippen molar-refractivity contribution in [1.29, 1.82) is 0 Å².